The number of amides is 1. The van der Waals surface area contributed by atoms with Crippen LogP contribution in [0.1, 0.15) is 50.4 Å². The molecule has 108 valence electrons. The van der Waals surface area contributed by atoms with Gasteiger partial charge in [0.05, 0.1) is 5.54 Å². The van der Waals surface area contributed by atoms with Crippen molar-refractivity contribution < 1.29 is 14.3 Å². The molecule has 1 saturated carbocycles. The summed E-state index contributed by atoms with van der Waals surface area (Å²) in [5.74, 6) is 0.0548. The first kappa shape index (κ1) is 14.6. The molecule has 1 N–H and O–H groups in total. The Kier molecular flexibility index (Phi) is 3.84. The van der Waals surface area contributed by atoms with E-state index in [1.807, 2.05) is 39.0 Å². The molecule has 1 aromatic rings. The number of alkyl carbamates (subject to hydrolysis) is 1. The molecule has 0 aromatic heterocycles. The maximum absolute atomic E-state index is 12.2. The Morgan fingerprint density at radius 3 is 2.30 bits per heavy atom. The third kappa shape index (κ3) is 4.08. The molecule has 0 saturated heterocycles. The molecule has 0 spiro atoms. The fourth-order valence-electron chi connectivity index (χ4n) is 2.05. The first-order chi connectivity index (χ1) is 9.30. The number of carbonyl (C=O) groups is 2. The smallest absolute Gasteiger partial charge is 0.408 e. The number of carbonyl (C=O) groups excluding carboxylic acids is 2. The normalized spacial score (nSPS) is 16.4. The molecule has 0 atom stereocenters. The van der Waals surface area contributed by atoms with Crippen molar-refractivity contribution in [3.8, 4) is 0 Å². The summed E-state index contributed by atoms with van der Waals surface area (Å²) in [6.07, 6.45) is 1.53. The zero-order valence-corrected chi connectivity index (χ0v) is 12.2. The van der Waals surface area contributed by atoms with Crippen molar-refractivity contribution in [1.29, 1.82) is 0 Å². The molecule has 1 aromatic carbocycles. The number of hydrogen-bond donors (Lipinski definition) is 1. The number of nitrogens with one attached hydrogen (secondary N) is 1. The maximum atomic E-state index is 12.2. The van der Waals surface area contributed by atoms with E-state index in [4.69, 9.17) is 4.74 Å². The van der Waals surface area contributed by atoms with Gasteiger partial charge in [0.2, 0.25) is 0 Å². The van der Waals surface area contributed by atoms with Crippen molar-refractivity contribution in [3.63, 3.8) is 0 Å². The highest BCUT2D eigenvalue weighted by Gasteiger charge is 2.46. The number of benzene rings is 1. The van der Waals surface area contributed by atoms with Crippen molar-refractivity contribution >= 4 is 11.9 Å². The Morgan fingerprint density at radius 2 is 1.80 bits per heavy atom. The van der Waals surface area contributed by atoms with Gasteiger partial charge in [-0.25, -0.2) is 4.79 Å². The van der Waals surface area contributed by atoms with Gasteiger partial charge in [0, 0.05) is 12.0 Å². The lowest BCUT2D eigenvalue weighted by Gasteiger charge is -2.23. The first-order valence-corrected chi connectivity index (χ1v) is 6.89. The Balaban J connectivity index is 1.92. The molecule has 4 nitrogen and oxygen atoms in total. The molecule has 0 aliphatic heterocycles. The summed E-state index contributed by atoms with van der Waals surface area (Å²) in [6, 6.07) is 9.16. The quantitative estimate of drug-likeness (QED) is 0.858. The van der Waals surface area contributed by atoms with Crippen LogP contribution in [0, 0.1) is 0 Å². The van der Waals surface area contributed by atoms with Gasteiger partial charge in [0.25, 0.3) is 0 Å². The van der Waals surface area contributed by atoms with Crippen molar-refractivity contribution in [1.82, 2.24) is 5.32 Å². The Bertz CT molecular complexity index is 498. The van der Waals surface area contributed by atoms with Gasteiger partial charge in [-0.1, -0.05) is 30.3 Å². The lowest BCUT2D eigenvalue weighted by Crippen LogP contribution is -2.41. The van der Waals surface area contributed by atoms with E-state index < -0.39 is 17.2 Å². The molecular weight excluding hydrogens is 254 g/mol. The van der Waals surface area contributed by atoms with Gasteiger partial charge in [-0.05, 0) is 33.6 Å². The highest BCUT2D eigenvalue weighted by atomic mass is 16.6. The lowest BCUT2D eigenvalue weighted by molar-refractivity contribution is 0.0493. The van der Waals surface area contributed by atoms with Crippen LogP contribution in [0.4, 0.5) is 4.79 Å². The Labute approximate surface area is 119 Å². The standard InChI is InChI=1S/C16H21NO3/c1-15(2,3)20-14(19)17-16(9-10-16)11-13(18)12-7-5-4-6-8-12/h4-8H,9-11H2,1-3H3,(H,17,19). The first-order valence-electron chi connectivity index (χ1n) is 6.89. The van der Waals surface area contributed by atoms with Gasteiger partial charge < -0.3 is 10.1 Å². The van der Waals surface area contributed by atoms with E-state index in [9.17, 15) is 9.59 Å². The van der Waals surface area contributed by atoms with Gasteiger partial charge in [-0.2, -0.15) is 0 Å². The van der Waals surface area contributed by atoms with Crippen LogP contribution in [-0.4, -0.2) is 23.0 Å². The second-order valence-corrected chi connectivity index (χ2v) is 6.37. The maximum Gasteiger partial charge on any atom is 0.408 e. The molecule has 0 bridgehead atoms. The molecule has 1 aliphatic rings. The summed E-state index contributed by atoms with van der Waals surface area (Å²) in [4.78, 5) is 24.0. The summed E-state index contributed by atoms with van der Waals surface area (Å²) >= 11 is 0. The molecule has 4 heteroatoms. The molecule has 2 rings (SSSR count). The number of rotatable bonds is 4. The number of hydrogen-bond acceptors (Lipinski definition) is 3. The van der Waals surface area contributed by atoms with E-state index in [1.165, 1.54) is 0 Å². The predicted octanol–water partition coefficient (Wildman–Crippen LogP) is 3.32. The van der Waals surface area contributed by atoms with Crippen LogP contribution in [0.15, 0.2) is 30.3 Å². The Morgan fingerprint density at radius 1 is 1.20 bits per heavy atom. The molecular formula is C16H21NO3. The highest BCUT2D eigenvalue weighted by molar-refractivity contribution is 5.97. The summed E-state index contributed by atoms with van der Waals surface area (Å²) in [6.45, 7) is 5.46. The minimum atomic E-state index is -0.524. The summed E-state index contributed by atoms with van der Waals surface area (Å²) in [5.41, 5.74) is -0.247. The molecule has 20 heavy (non-hydrogen) atoms. The topological polar surface area (TPSA) is 55.4 Å². The van der Waals surface area contributed by atoms with Crippen LogP contribution in [0.2, 0.25) is 0 Å². The van der Waals surface area contributed by atoms with Crippen LogP contribution >= 0.6 is 0 Å². The second kappa shape index (κ2) is 5.27. The SMILES string of the molecule is CC(C)(C)OC(=O)NC1(CC(=O)c2ccccc2)CC1. The van der Waals surface area contributed by atoms with Gasteiger partial charge in [-0.15, -0.1) is 0 Å². The van der Waals surface area contributed by atoms with E-state index in [-0.39, 0.29) is 5.78 Å². The minimum Gasteiger partial charge on any atom is -0.444 e. The van der Waals surface area contributed by atoms with Gasteiger partial charge in [0.15, 0.2) is 5.78 Å². The molecule has 0 radical (unpaired) electrons. The zero-order valence-electron chi connectivity index (χ0n) is 12.2. The average Bonchev–Trinajstić information content (AvgIpc) is 3.07. The summed E-state index contributed by atoms with van der Waals surface area (Å²) < 4.78 is 5.24. The molecule has 1 amide bonds. The summed E-state index contributed by atoms with van der Waals surface area (Å²) in [7, 11) is 0. The number of ketones is 1. The average molecular weight is 275 g/mol. The molecule has 1 fully saturated rings. The van der Waals surface area contributed by atoms with Crippen molar-refractivity contribution in [2.24, 2.45) is 0 Å². The second-order valence-electron chi connectivity index (χ2n) is 6.37. The van der Waals surface area contributed by atoms with Gasteiger partial charge in [0.1, 0.15) is 5.60 Å². The Hall–Kier alpha value is -1.84. The largest absolute Gasteiger partial charge is 0.444 e. The zero-order chi connectivity index (χ0) is 14.8. The van der Waals surface area contributed by atoms with E-state index in [0.29, 0.717) is 12.0 Å². The van der Waals surface area contributed by atoms with Crippen LogP contribution in [0.3, 0.4) is 0 Å². The lowest BCUT2D eigenvalue weighted by atomic mass is 10.0. The van der Waals surface area contributed by atoms with E-state index in [1.54, 1.807) is 12.1 Å². The van der Waals surface area contributed by atoms with Crippen LogP contribution in [0.5, 0.6) is 0 Å². The molecule has 0 unspecified atom stereocenters. The monoisotopic (exact) mass is 275 g/mol. The number of Topliss-reactive ketones (excluding diaryl/α,β-unsaturated/α-hetero) is 1. The van der Waals surface area contributed by atoms with E-state index in [2.05, 4.69) is 5.32 Å². The summed E-state index contributed by atoms with van der Waals surface area (Å²) in [5, 5.41) is 2.84. The molecule has 0 heterocycles. The fourth-order valence-corrected chi connectivity index (χ4v) is 2.05. The van der Waals surface area contributed by atoms with E-state index >= 15 is 0 Å². The molecule has 1 aliphatic carbocycles. The fraction of sp³-hybridized carbons (Fsp3) is 0.500. The predicted molar refractivity (Wildman–Crippen MR) is 76.7 cm³/mol. The van der Waals surface area contributed by atoms with E-state index in [0.717, 1.165) is 12.8 Å². The van der Waals surface area contributed by atoms with Crippen LogP contribution in [-0.2, 0) is 4.74 Å². The third-order valence-corrected chi connectivity index (χ3v) is 3.21. The van der Waals surface area contributed by atoms with Gasteiger partial charge in [-0.3, -0.25) is 4.79 Å². The van der Waals surface area contributed by atoms with Crippen LogP contribution in [0.25, 0.3) is 0 Å². The third-order valence-electron chi connectivity index (χ3n) is 3.21. The van der Waals surface area contributed by atoms with Crippen molar-refractivity contribution in [3.05, 3.63) is 35.9 Å². The highest BCUT2D eigenvalue weighted by Crippen LogP contribution is 2.39. The van der Waals surface area contributed by atoms with Crippen molar-refractivity contribution in [2.45, 2.75) is 51.2 Å². The van der Waals surface area contributed by atoms with Gasteiger partial charge >= 0.3 is 6.09 Å². The minimum absolute atomic E-state index is 0.0548. The van der Waals surface area contributed by atoms with Crippen LogP contribution < -0.4 is 5.32 Å². The van der Waals surface area contributed by atoms with Crippen molar-refractivity contribution in [2.75, 3.05) is 0 Å². The number of ether oxygens (including phenoxy) is 1.